The van der Waals surface area contributed by atoms with Crippen molar-refractivity contribution in [2.24, 2.45) is 11.8 Å². The Kier molecular flexibility index (Phi) is 2.98. The predicted molar refractivity (Wildman–Crippen MR) is 45.9 cm³/mol. The second-order valence-electron chi connectivity index (χ2n) is 3.68. The fraction of sp³-hybridized carbons (Fsp3) is 0.800. The van der Waals surface area contributed by atoms with Gasteiger partial charge in [0.15, 0.2) is 0 Å². The highest BCUT2D eigenvalue weighted by Gasteiger charge is 2.05. The van der Waals surface area contributed by atoms with Gasteiger partial charge in [0.2, 0.25) is 0 Å². The molecule has 0 saturated heterocycles. The normalized spacial score (nSPS) is 38.2. The van der Waals surface area contributed by atoms with Gasteiger partial charge >= 0.3 is 0 Å². The van der Waals surface area contributed by atoms with Crippen LogP contribution in [0.4, 0.5) is 0 Å². The zero-order valence-corrected chi connectivity index (χ0v) is 7.14. The van der Waals surface area contributed by atoms with Crippen LogP contribution in [0, 0.1) is 11.8 Å². The van der Waals surface area contributed by atoms with Crippen LogP contribution in [0.2, 0.25) is 0 Å². The molecule has 0 amide bonds. The van der Waals surface area contributed by atoms with Crippen LogP contribution in [-0.4, -0.2) is 0 Å². The van der Waals surface area contributed by atoms with Gasteiger partial charge in [-0.15, -0.1) is 0 Å². The van der Waals surface area contributed by atoms with Crippen LogP contribution in [0.15, 0.2) is 12.2 Å². The first kappa shape index (κ1) is 7.84. The minimum atomic E-state index is 0.826. The summed E-state index contributed by atoms with van der Waals surface area (Å²) in [6, 6.07) is 0. The summed E-state index contributed by atoms with van der Waals surface area (Å²) in [5, 5.41) is 0. The second-order valence-corrected chi connectivity index (χ2v) is 3.68. The van der Waals surface area contributed by atoms with Crippen molar-refractivity contribution in [3.63, 3.8) is 0 Å². The van der Waals surface area contributed by atoms with Gasteiger partial charge in [-0.1, -0.05) is 38.8 Å². The lowest BCUT2D eigenvalue weighted by Crippen LogP contribution is -1.99. The SMILES string of the molecule is CC1/C=C\CC(C)CCC1. The van der Waals surface area contributed by atoms with E-state index in [9.17, 15) is 0 Å². The highest BCUT2D eigenvalue weighted by atomic mass is 14.1. The molecular weight excluding hydrogens is 120 g/mol. The molecule has 0 spiro atoms. The van der Waals surface area contributed by atoms with Crippen LogP contribution in [0.1, 0.15) is 39.5 Å². The van der Waals surface area contributed by atoms with E-state index in [0.717, 1.165) is 11.8 Å². The number of allylic oxidation sites excluding steroid dienone is 2. The molecule has 58 valence electrons. The fourth-order valence-electron chi connectivity index (χ4n) is 1.55. The zero-order chi connectivity index (χ0) is 7.40. The molecule has 0 nitrogen and oxygen atoms in total. The topological polar surface area (TPSA) is 0 Å². The molecule has 1 aliphatic rings. The molecule has 0 radical (unpaired) electrons. The molecule has 1 aliphatic carbocycles. The van der Waals surface area contributed by atoms with Gasteiger partial charge in [0, 0.05) is 0 Å². The Balaban J connectivity index is 2.38. The van der Waals surface area contributed by atoms with Gasteiger partial charge in [-0.2, -0.15) is 0 Å². The Labute approximate surface area is 64.3 Å². The number of rotatable bonds is 0. The van der Waals surface area contributed by atoms with Gasteiger partial charge in [0.05, 0.1) is 0 Å². The maximum atomic E-state index is 2.37. The van der Waals surface area contributed by atoms with Crippen molar-refractivity contribution in [3.8, 4) is 0 Å². The Morgan fingerprint density at radius 3 is 2.80 bits per heavy atom. The Morgan fingerprint density at radius 2 is 2.00 bits per heavy atom. The molecule has 2 unspecified atom stereocenters. The summed E-state index contributed by atoms with van der Waals surface area (Å²) in [5.41, 5.74) is 0. The van der Waals surface area contributed by atoms with Crippen LogP contribution in [0.25, 0.3) is 0 Å². The first-order valence-electron chi connectivity index (χ1n) is 4.45. The molecule has 0 heteroatoms. The van der Waals surface area contributed by atoms with Crippen LogP contribution in [0.5, 0.6) is 0 Å². The van der Waals surface area contributed by atoms with Crippen molar-refractivity contribution >= 4 is 0 Å². The maximum absolute atomic E-state index is 2.37. The Morgan fingerprint density at radius 1 is 1.20 bits per heavy atom. The molecule has 0 bridgehead atoms. The molecule has 0 aromatic heterocycles. The molecule has 0 aromatic carbocycles. The molecule has 10 heavy (non-hydrogen) atoms. The van der Waals surface area contributed by atoms with E-state index < -0.39 is 0 Å². The van der Waals surface area contributed by atoms with E-state index in [1.54, 1.807) is 0 Å². The van der Waals surface area contributed by atoms with Crippen molar-refractivity contribution in [1.29, 1.82) is 0 Å². The zero-order valence-electron chi connectivity index (χ0n) is 7.14. The molecule has 0 aromatic rings. The highest BCUT2D eigenvalue weighted by Crippen LogP contribution is 2.20. The van der Waals surface area contributed by atoms with E-state index in [2.05, 4.69) is 26.0 Å². The van der Waals surface area contributed by atoms with Crippen molar-refractivity contribution in [2.75, 3.05) is 0 Å². The standard InChI is InChI=1S/C10H18/c1-9-5-3-7-10(2)8-4-6-9/h3,5,9-10H,4,6-8H2,1-2H3/b5-3-. The summed E-state index contributed by atoms with van der Waals surface area (Å²) >= 11 is 0. The molecule has 0 fully saturated rings. The van der Waals surface area contributed by atoms with E-state index in [1.165, 1.54) is 25.7 Å². The summed E-state index contributed by atoms with van der Waals surface area (Å²) in [5.74, 6) is 1.75. The van der Waals surface area contributed by atoms with Gasteiger partial charge in [-0.3, -0.25) is 0 Å². The third kappa shape index (κ3) is 2.55. The third-order valence-corrected chi connectivity index (χ3v) is 2.36. The van der Waals surface area contributed by atoms with E-state index >= 15 is 0 Å². The largest absolute Gasteiger partial charge is 0.0880 e. The van der Waals surface area contributed by atoms with E-state index in [4.69, 9.17) is 0 Å². The average Bonchev–Trinajstić information content (AvgIpc) is 1.84. The summed E-state index contributed by atoms with van der Waals surface area (Å²) in [6.45, 7) is 4.66. The Hall–Kier alpha value is -0.260. The summed E-state index contributed by atoms with van der Waals surface area (Å²) in [4.78, 5) is 0. The molecule has 0 saturated carbocycles. The minimum Gasteiger partial charge on any atom is -0.0880 e. The predicted octanol–water partition coefficient (Wildman–Crippen LogP) is 3.39. The van der Waals surface area contributed by atoms with Gasteiger partial charge in [0.25, 0.3) is 0 Å². The quantitative estimate of drug-likeness (QED) is 0.450. The van der Waals surface area contributed by atoms with E-state index in [1.807, 2.05) is 0 Å². The Bertz CT molecular complexity index is 113. The highest BCUT2D eigenvalue weighted by molar-refractivity contribution is 4.89. The summed E-state index contributed by atoms with van der Waals surface area (Å²) in [7, 11) is 0. The van der Waals surface area contributed by atoms with Crippen molar-refractivity contribution in [2.45, 2.75) is 39.5 Å². The minimum absolute atomic E-state index is 0.826. The molecule has 2 atom stereocenters. The van der Waals surface area contributed by atoms with Gasteiger partial charge < -0.3 is 0 Å². The maximum Gasteiger partial charge on any atom is -0.0262 e. The number of hydrogen-bond donors (Lipinski definition) is 0. The lowest BCUT2D eigenvalue weighted by Gasteiger charge is -2.14. The second kappa shape index (κ2) is 3.80. The van der Waals surface area contributed by atoms with Gasteiger partial charge in [-0.25, -0.2) is 0 Å². The molecule has 0 heterocycles. The lowest BCUT2D eigenvalue weighted by molar-refractivity contribution is 0.462. The average molecular weight is 138 g/mol. The first-order chi connectivity index (χ1) is 4.79. The van der Waals surface area contributed by atoms with Crippen LogP contribution in [-0.2, 0) is 0 Å². The summed E-state index contributed by atoms with van der Waals surface area (Å²) < 4.78 is 0. The van der Waals surface area contributed by atoms with Crippen molar-refractivity contribution in [1.82, 2.24) is 0 Å². The first-order valence-corrected chi connectivity index (χ1v) is 4.45. The third-order valence-electron chi connectivity index (χ3n) is 2.36. The summed E-state index contributed by atoms with van der Waals surface area (Å²) in [6.07, 6.45) is 10.3. The van der Waals surface area contributed by atoms with E-state index in [-0.39, 0.29) is 0 Å². The van der Waals surface area contributed by atoms with Gasteiger partial charge in [0.1, 0.15) is 0 Å². The van der Waals surface area contributed by atoms with E-state index in [0.29, 0.717) is 0 Å². The molecular formula is C10H18. The molecule has 0 aliphatic heterocycles. The van der Waals surface area contributed by atoms with Crippen LogP contribution < -0.4 is 0 Å². The van der Waals surface area contributed by atoms with Crippen molar-refractivity contribution < 1.29 is 0 Å². The monoisotopic (exact) mass is 138 g/mol. The van der Waals surface area contributed by atoms with Gasteiger partial charge in [-0.05, 0) is 24.7 Å². The smallest absolute Gasteiger partial charge is 0.0262 e. The van der Waals surface area contributed by atoms with Crippen molar-refractivity contribution in [3.05, 3.63) is 12.2 Å². The van der Waals surface area contributed by atoms with Crippen LogP contribution >= 0.6 is 0 Å². The van der Waals surface area contributed by atoms with Crippen LogP contribution in [0.3, 0.4) is 0 Å². The lowest BCUT2D eigenvalue weighted by atomic mass is 9.92. The molecule has 1 rings (SSSR count). The molecule has 0 N–H and O–H groups in total. The fourth-order valence-corrected chi connectivity index (χ4v) is 1.55. The number of hydrogen-bond acceptors (Lipinski definition) is 0.